The van der Waals surface area contributed by atoms with Crippen LogP contribution >= 0.6 is 11.6 Å². The molecule has 1 N–H and O–H groups in total. The lowest BCUT2D eigenvalue weighted by Crippen LogP contribution is -2.39. The molecule has 4 rings (SSSR count). The molecular weight excluding hydrogens is 434 g/mol. The van der Waals surface area contributed by atoms with Gasteiger partial charge in [-0.1, -0.05) is 18.2 Å². The minimum atomic E-state index is -0.323. The molecule has 2 aromatic carbocycles. The first-order chi connectivity index (χ1) is 15.5. The van der Waals surface area contributed by atoms with E-state index in [9.17, 15) is 10.1 Å². The molecular formula is C22H24ClN5O4. The largest absolute Gasteiger partial charge is 0.493 e. The lowest BCUT2D eigenvalue weighted by atomic mass is 10.0. The van der Waals surface area contributed by atoms with Crippen molar-refractivity contribution >= 4 is 34.0 Å². The first-order valence-electron chi connectivity index (χ1n) is 10.3. The van der Waals surface area contributed by atoms with Crippen LogP contribution in [0.1, 0.15) is 18.4 Å². The van der Waals surface area contributed by atoms with Crippen molar-refractivity contribution in [3.63, 3.8) is 0 Å². The van der Waals surface area contributed by atoms with Gasteiger partial charge in [0.25, 0.3) is 5.69 Å². The summed E-state index contributed by atoms with van der Waals surface area (Å²) in [5, 5.41) is 15.7. The van der Waals surface area contributed by atoms with Gasteiger partial charge in [-0.2, -0.15) is 0 Å². The highest BCUT2D eigenvalue weighted by atomic mass is 35.5. The van der Waals surface area contributed by atoms with Gasteiger partial charge in [0.1, 0.15) is 5.82 Å². The van der Waals surface area contributed by atoms with E-state index in [1.165, 1.54) is 0 Å². The molecule has 0 radical (unpaired) electrons. The van der Waals surface area contributed by atoms with E-state index in [-0.39, 0.29) is 21.9 Å². The minimum Gasteiger partial charge on any atom is -0.493 e. The second-order valence-electron chi connectivity index (χ2n) is 7.65. The predicted octanol–water partition coefficient (Wildman–Crippen LogP) is 4.29. The van der Waals surface area contributed by atoms with Crippen molar-refractivity contribution in [2.45, 2.75) is 25.4 Å². The zero-order valence-corrected chi connectivity index (χ0v) is 18.6. The van der Waals surface area contributed by atoms with E-state index in [2.05, 4.69) is 20.2 Å². The SMILES string of the molecule is COc1cc2nc(Cl)nc(NC3CCN(Cc4ccccc4[N+](=O)[O-])CC3)c2cc1OC. The fourth-order valence-electron chi connectivity index (χ4n) is 4.03. The molecule has 1 aromatic heterocycles. The van der Waals surface area contributed by atoms with Crippen molar-refractivity contribution in [2.75, 3.05) is 32.6 Å². The number of nitrogens with zero attached hydrogens (tertiary/aromatic N) is 4. The predicted molar refractivity (Wildman–Crippen MR) is 123 cm³/mol. The fraction of sp³-hybridized carbons (Fsp3) is 0.364. The molecule has 10 heteroatoms. The number of methoxy groups -OCH3 is 2. The average molecular weight is 458 g/mol. The standard InChI is InChI=1S/C22H24ClN5O4/c1-31-19-11-16-17(12-20(19)32-2)25-22(23)26-21(16)24-15-7-9-27(10-8-15)13-14-5-3-4-6-18(14)28(29)30/h3-6,11-12,15H,7-10,13H2,1-2H3,(H,24,25,26). The van der Waals surface area contributed by atoms with Crippen molar-refractivity contribution in [3.05, 3.63) is 57.4 Å². The number of nitrogens with one attached hydrogen (secondary N) is 1. The Hall–Kier alpha value is -3.17. The fourth-order valence-corrected chi connectivity index (χ4v) is 4.21. The van der Waals surface area contributed by atoms with Crippen molar-refractivity contribution in [3.8, 4) is 11.5 Å². The number of rotatable bonds is 7. The number of hydrogen-bond donors (Lipinski definition) is 1. The molecule has 0 saturated carbocycles. The normalized spacial score (nSPS) is 15.0. The van der Waals surface area contributed by atoms with E-state index in [1.807, 2.05) is 18.2 Å². The van der Waals surface area contributed by atoms with Crippen LogP contribution < -0.4 is 14.8 Å². The molecule has 3 aromatic rings. The van der Waals surface area contributed by atoms with Gasteiger partial charge in [-0.3, -0.25) is 15.0 Å². The Balaban J connectivity index is 1.47. The van der Waals surface area contributed by atoms with Crippen molar-refractivity contribution in [2.24, 2.45) is 0 Å². The number of fused-ring (bicyclic) bond motifs is 1. The molecule has 9 nitrogen and oxygen atoms in total. The zero-order chi connectivity index (χ0) is 22.7. The molecule has 1 aliphatic rings. The number of likely N-dealkylation sites (tertiary alicyclic amines) is 1. The molecule has 1 aliphatic heterocycles. The Morgan fingerprint density at radius 1 is 1.16 bits per heavy atom. The van der Waals surface area contributed by atoms with Gasteiger partial charge in [0.2, 0.25) is 5.28 Å². The van der Waals surface area contributed by atoms with Crippen LogP contribution in [0, 0.1) is 10.1 Å². The highest BCUT2D eigenvalue weighted by Gasteiger charge is 2.23. The van der Waals surface area contributed by atoms with Gasteiger partial charge in [0.05, 0.1) is 24.7 Å². The number of benzene rings is 2. The van der Waals surface area contributed by atoms with Gasteiger partial charge in [0.15, 0.2) is 11.5 Å². The van der Waals surface area contributed by atoms with Crippen molar-refractivity contribution in [1.29, 1.82) is 0 Å². The third-order valence-corrected chi connectivity index (χ3v) is 5.85. The lowest BCUT2D eigenvalue weighted by Gasteiger charge is -2.32. The van der Waals surface area contributed by atoms with Gasteiger partial charge < -0.3 is 14.8 Å². The van der Waals surface area contributed by atoms with E-state index in [4.69, 9.17) is 21.1 Å². The lowest BCUT2D eigenvalue weighted by molar-refractivity contribution is -0.385. The number of nitro groups is 1. The van der Waals surface area contributed by atoms with Crippen LogP contribution in [-0.4, -0.2) is 53.1 Å². The van der Waals surface area contributed by atoms with Crippen LogP contribution in [0.5, 0.6) is 11.5 Å². The number of anilines is 1. The Bertz CT molecular complexity index is 1130. The molecule has 168 valence electrons. The van der Waals surface area contributed by atoms with E-state index in [1.54, 1.807) is 32.4 Å². The molecule has 1 saturated heterocycles. The van der Waals surface area contributed by atoms with Crippen molar-refractivity contribution < 1.29 is 14.4 Å². The number of aromatic nitrogens is 2. The first-order valence-corrected chi connectivity index (χ1v) is 10.7. The van der Waals surface area contributed by atoms with E-state index in [0.29, 0.717) is 29.4 Å². The van der Waals surface area contributed by atoms with Crippen molar-refractivity contribution in [1.82, 2.24) is 14.9 Å². The third-order valence-electron chi connectivity index (χ3n) is 5.68. The number of halogens is 1. The monoisotopic (exact) mass is 457 g/mol. The molecule has 32 heavy (non-hydrogen) atoms. The number of piperidine rings is 1. The van der Waals surface area contributed by atoms with Gasteiger partial charge in [0, 0.05) is 48.8 Å². The summed E-state index contributed by atoms with van der Waals surface area (Å²) >= 11 is 6.17. The molecule has 0 amide bonds. The van der Waals surface area contributed by atoms with Gasteiger partial charge >= 0.3 is 0 Å². The van der Waals surface area contributed by atoms with Gasteiger partial charge in [-0.25, -0.2) is 9.97 Å². The average Bonchev–Trinajstić information content (AvgIpc) is 2.79. The molecule has 0 spiro atoms. The Morgan fingerprint density at radius 2 is 1.84 bits per heavy atom. The van der Waals surface area contributed by atoms with Crippen LogP contribution in [0.4, 0.5) is 11.5 Å². The molecule has 0 aliphatic carbocycles. The summed E-state index contributed by atoms with van der Waals surface area (Å²) in [5.74, 6) is 1.82. The van der Waals surface area contributed by atoms with Gasteiger partial charge in [-0.05, 0) is 30.5 Å². The van der Waals surface area contributed by atoms with Crippen LogP contribution in [0.25, 0.3) is 10.9 Å². The summed E-state index contributed by atoms with van der Waals surface area (Å²) in [5.41, 5.74) is 1.57. The number of ether oxygens (including phenoxy) is 2. The molecule has 0 unspecified atom stereocenters. The summed E-state index contributed by atoms with van der Waals surface area (Å²) in [6, 6.07) is 10.7. The summed E-state index contributed by atoms with van der Waals surface area (Å²) in [6.45, 7) is 2.19. The Morgan fingerprint density at radius 3 is 2.53 bits per heavy atom. The topological polar surface area (TPSA) is 103 Å². The number of para-hydroxylation sites is 1. The third kappa shape index (κ3) is 4.68. The second-order valence-corrected chi connectivity index (χ2v) is 7.98. The molecule has 2 heterocycles. The summed E-state index contributed by atoms with van der Waals surface area (Å²) in [6.07, 6.45) is 1.74. The second kappa shape index (κ2) is 9.54. The van der Waals surface area contributed by atoms with E-state index >= 15 is 0 Å². The molecule has 0 bridgehead atoms. The summed E-state index contributed by atoms with van der Waals surface area (Å²) in [4.78, 5) is 21.9. The Labute approximate surface area is 190 Å². The smallest absolute Gasteiger partial charge is 0.273 e. The summed E-state index contributed by atoms with van der Waals surface area (Å²) in [7, 11) is 3.16. The maximum absolute atomic E-state index is 11.3. The van der Waals surface area contributed by atoms with Crippen LogP contribution in [0.3, 0.4) is 0 Å². The zero-order valence-electron chi connectivity index (χ0n) is 17.9. The van der Waals surface area contributed by atoms with Gasteiger partial charge in [-0.15, -0.1) is 0 Å². The maximum atomic E-state index is 11.3. The quantitative estimate of drug-likeness (QED) is 0.318. The number of hydrogen-bond acceptors (Lipinski definition) is 8. The van der Waals surface area contributed by atoms with E-state index in [0.717, 1.165) is 36.9 Å². The van der Waals surface area contributed by atoms with E-state index < -0.39 is 0 Å². The molecule has 1 fully saturated rings. The Kier molecular flexibility index (Phi) is 6.57. The minimum absolute atomic E-state index is 0.154. The first kappa shape index (κ1) is 22.0. The molecule has 0 atom stereocenters. The highest BCUT2D eigenvalue weighted by molar-refractivity contribution is 6.28. The highest BCUT2D eigenvalue weighted by Crippen LogP contribution is 2.35. The van der Waals surface area contributed by atoms with Crippen LogP contribution in [0.2, 0.25) is 5.28 Å². The number of nitro benzene ring substituents is 1. The summed E-state index contributed by atoms with van der Waals surface area (Å²) < 4.78 is 10.8. The maximum Gasteiger partial charge on any atom is 0.273 e. The van der Waals surface area contributed by atoms with Crippen LogP contribution in [0.15, 0.2) is 36.4 Å². The van der Waals surface area contributed by atoms with Crippen LogP contribution in [-0.2, 0) is 6.54 Å².